The first-order valence-corrected chi connectivity index (χ1v) is 6.72. The molecular formula is C11H11Br2N5. The third-order valence-electron chi connectivity index (χ3n) is 2.22. The van der Waals surface area contributed by atoms with Gasteiger partial charge in [-0.15, -0.1) is 0 Å². The van der Waals surface area contributed by atoms with Crippen LogP contribution in [-0.2, 0) is 0 Å². The van der Waals surface area contributed by atoms with Crippen LogP contribution in [0.1, 0.15) is 0 Å². The second kappa shape index (κ2) is 5.53. The second-order valence-electron chi connectivity index (χ2n) is 3.47. The highest BCUT2D eigenvalue weighted by Gasteiger charge is 2.07. The Labute approximate surface area is 121 Å². The predicted molar refractivity (Wildman–Crippen MR) is 81.1 cm³/mol. The van der Waals surface area contributed by atoms with Crippen molar-refractivity contribution in [3.63, 3.8) is 0 Å². The van der Waals surface area contributed by atoms with Crippen LogP contribution in [0.25, 0.3) is 0 Å². The first-order valence-electron chi connectivity index (χ1n) is 5.13. The van der Waals surface area contributed by atoms with E-state index in [2.05, 4.69) is 52.5 Å². The third kappa shape index (κ3) is 2.91. The summed E-state index contributed by atoms with van der Waals surface area (Å²) in [6, 6.07) is 7.60. The van der Waals surface area contributed by atoms with E-state index < -0.39 is 0 Å². The lowest BCUT2D eigenvalue weighted by molar-refractivity contribution is 1.17. The zero-order valence-corrected chi connectivity index (χ0v) is 12.7. The molecule has 2 aromatic rings. The van der Waals surface area contributed by atoms with Crippen molar-refractivity contribution >= 4 is 55.1 Å². The molecule has 94 valence electrons. The van der Waals surface area contributed by atoms with Crippen LogP contribution in [0.4, 0.5) is 23.3 Å². The Morgan fingerprint density at radius 2 is 1.72 bits per heavy atom. The molecular weight excluding hydrogens is 362 g/mol. The fraction of sp³-hybridized carbons (Fsp3) is 0.0909. The van der Waals surface area contributed by atoms with Crippen LogP contribution < -0.4 is 16.4 Å². The number of nitrogens with one attached hydrogen (secondary N) is 2. The summed E-state index contributed by atoms with van der Waals surface area (Å²) in [4.78, 5) is 8.16. The third-order valence-corrected chi connectivity index (χ3v) is 3.54. The summed E-state index contributed by atoms with van der Waals surface area (Å²) < 4.78 is 1.86. The van der Waals surface area contributed by atoms with E-state index in [-0.39, 0.29) is 5.95 Å². The van der Waals surface area contributed by atoms with E-state index in [1.165, 1.54) is 0 Å². The lowest BCUT2D eigenvalue weighted by Crippen LogP contribution is -2.03. The topological polar surface area (TPSA) is 75.9 Å². The van der Waals surface area contributed by atoms with Gasteiger partial charge in [-0.25, -0.2) is 0 Å². The Morgan fingerprint density at radius 1 is 1.11 bits per heavy atom. The van der Waals surface area contributed by atoms with Crippen molar-refractivity contribution in [3.05, 3.63) is 33.2 Å². The van der Waals surface area contributed by atoms with E-state index in [4.69, 9.17) is 5.73 Å². The number of aromatic nitrogens is 2. The summed E-state index contributed by atoms with van der Waals surface area (Å²) in [6.07, 6.45) is 0. The number of benzene rings is 1. The van der Waals surface area contributed by atoms with Gasteiger partial charge in [0.1, 0.15) is 11.6 Å². The Hall–Kier alpha value is -1.34. The van der Waals surface area contributed by atoms with Gasteiger partial charge in [-0.1, -0.05) is 6.07 Å². The minimum absolute atomic E-state index is 0.215. The first kappa shape index (κ1) is 13.1. The molecule has 0 spiro atoms. The minimum atomic E-state index is 0.215. The summed E-state index contributed by atoms with van der Waals surface area (Å²) in [5.41, 5.74) is 6.53. The van der Waals surface area contributed by atoms with Crippen LogP contribution in [0.2, 0.25) is 0 Å². The Morgan fingerprint density at radius 3 is 2.33 bits per heavy atom. The number of hydrogen-bond donors (Lipinski definition) is 3. The lowest BCUT2D eigenvalue weighted by Gasteiger charge is -2.11. The van der Waals surface area contributed by atoms with Gasteiger partial charge in [-0.05, 0) is 44.0 Å². The van der Waals surface area contributed by atoms with Crippen LogP contribution in [0.3, 0.4) is 0 Å². The maximum Gasteiger partial charge on any atom is 0.223 e. The van der Waals surface area contributed by atoms with Gasteiger partial charge in [0.25, 0.3) is 0 Å². The highest BCUT2D eigenvalue weighted by molar-refractivity contribution is 9.11. The largest absolute Gasteiger partial charge is 0.373 e. The Kier molecular flexibility index (Phi) is 4.03. The van der Waals surface area contributed by atoms with Crippen molar-refractivity contribution in [1.82, 2.24) is 9.97 Å². The standard InChI is InChI=1S/C11H11Br2N5/c1-15-8-5-9(18-11(14)17-8)16-10-6(12)3-2-4-7(10)13/h2-5H,1H3,(H4,14,15,16,17,18). The molecule has 0 unspecified atom stereocenters. The quantitative estimate of drug-likeness (QED) is 0.770. The summed E-state index contributed by atoms with van der Waals surface area (Å²) in [7, 11) is 1.78. The van der Waals surface area contributed by atoms with Crippen molar-refractivity contribution in [2.75, 3.05) is 23.4 Å². The maximum atomic E-state index is 5.64. The van der Waals surface area contributed by atoms with Crippen LogP contribution >= 0.6 is 31.9 Å². The van der Waals surface area contributed by atoms with E-state index in [0.717, 1.165) is 14.6 Å². The molecule has 5 nitrogen and oxygen atoms in total. The minimum Gasteiger partial charge on any atom is -0.373 e. The second-order valence-corrected chi connectivity index (χ2v) is 5.18. The average molecular weight is 373 g/mol. The zero-order chi connectivity index (χ0) is 13.1. The molecule has 2 rings (SSSR count). The van der Waals surface area contributed by atoms with Crippen molar-refractivity contribution in [1.29, 1.82) is 0 Å². The highest BCUT2D eigenvalue weighted by atomic mass is 79.9. The molecule has 7 heteroatoms. The number of nitrogen functional groups attached to an aromatic ring is 1. The van der Waals surface area contributed by atoms with Gasteiger partial charge in [0.2, 0.25) is 5.95 Å². The number of nitrogens with zero attached hydrogens (tertiary/aromatic N) is 2. The number of halogens is 2. The van der Waals surface area contributed by atoms with Gasteiger partial charge in [-0.3, -0.25) is 0 Å². The first-order chi connectivity index (χ1) is 8.60. The molecule has 1 heterocycles. The molecule has 0 fully saturated rings. The number of rotatable bonds is 3. The van der Waals surface area contributed by atoms with E-state index in [1.54, 1.807) is 13.1 Å². The normalized spacial score (nSPS) is 10.2. The van der Waals surface area contributed by atoms with Gasteiger partial charge < -0.3 is 16.4 Å². The number of anilines is 4. The van der Waals surface area contributed by atoms with E-state index in [1.807, 2.05) is 18.2 Å². The van der Waals surface area contributed by atoms with Crippen molar-refractivity contribution < 1.29 is 0 Å². The molecule has 0 saturated heterocycles. The van der Waals surface area contributed by atoms with E-state index >= 15 is 0 Å². The van der Waals surface area contributed by atoms with Gasteiger partial charge in [0.15, 0.2) is 0 Å². The molecule has 0 bridgehead atoms. The molecule has 18 heavy (non-hydrogen) atoms. The predicted octanol–water partition coefficient (Wildman–Crippen LogP) is 3.37. The molecule has 1 aromatic heterocycles. The smallest absolute Gasteiger partial charge is 0.223 e. The van der Waals surface area contributed by atoms with Gasteiger partial charge >= 0.3 is 0 Å². The van der Waals surface area contributed by atoms with Crippen LogP contribution in [0.15, 0.2) is 33.2 Å². The molecule has 0 aliphatic carbocycles. The average Bonchev–Trinajstić information content (AvgIpc) is 2.33. The van der Waals surface area contributed by atoms with Crippen LogP contribution in [-0.4, -0.2) is 17.0 Å². The van der Waals surface area contributed by atoms with Gasteiger partial charge in [-0.2, -0.15) is 9.97 Å². The molecule has 0 amide bonds. The summed E-state index contributed by atoms with van der Waals surface area (Å²) in [6.45, 7) is 0. The summed E-state index contributed by atoms with van der Waals surface area (Å²) in [5.74, 6) is 1.50. The molecule has 0 atom stereocenters. The molecule has 0 radical (unpaired) electrons. The molecule has 0 aliphatic heterocycles. The molecule has 4 N–H and O–H groups in total. The zero-order valence-electron chi connectivity index (χ0n) is 9.54. The Balaban J connectivity index is 2.37. The molecule has 0 saturated carbocycles. The van der Waals surface area contributed by atoms with Crippen molar-refractivity contribution in [2.24, 2.45) is 0 Å². The van der Waals surface area contributed by atoms with Gasteiger partial charge in [0.05, 0.1) is 5.69 Å². The highest BCUT2D eigenvalue weighted by Crippen LogP contribution is 2.33. The van der Waals surface area contributed by atoms with E-state index in [9.17, 15) is 0 Å². The maximum absolute atomic E-state index is 5.64. The fourth-order valence-corrected chi connectivity index (χ4v) is 2.60. The monoisotopic (exact) mass is 371 g/mol. The summed E-state index contributed by atoms with van der Waals surface area (Å²) in [5, 5.41) is 6.12. The SMILES string of the molecule is CNc1cc(Nc2c(Br)cccc2Br)nc(N)n1. The fourth-order valence-electron chi connectivity index (χ4n) is 1.40. The molecule has 0 aliphatic rings. The van der Waals surface area contributed by atoms with Crippen LogP contribution in [0.5, 0.6) is 0 Å². The number of hydrogen-bond acceptors (Lipinski definition) is 5. The lowest BCUT2D eigenvalue weighted by atomic mass is 10.3. The Bertz CT molecular complexity index is 553. The number of nitrogens with two attached hydrogens (primary N) is 1. The van der Waals surface area contributed by atoms with Crippen molar-refractivity contribution in [3.8, 4) is 0 Å². The van der Waals surface area contributed by atoms with Crippen LogP contribution in [0, 0.1) is 0 Å². The van der Waals surface area contributed by atoms with E-state index in [0.29, 0.717) is 11.6 Å². The van der Waals surface area contributed by atoms with Crippen molar-refractivity contribution in [2.45, 2.75) is 0 Å². The molecule has 1 aromatic carbocycles. The summed E-state index contributed by atoms with van der Waals surface area (Å²) >= 11 is 6.95. The van der Waals surface area contributed by atoms with Gasteiger partial charge in [0, 0.05) is 22.1 Å². The number of para-hydroxylation sites is 1.